The standard InChI is InChI=1S/2C8H10O/c1-2-7-3-5-8(9)6-4-7;1-2-7-5-3-4-6-8(7)9/h2*3-6,9H,2H2,1H3. The van der Waals surface area contributed by atoms with Gasteiger partial charge in [0.25, 0.3) is 0 Å². The molecule has 18 heavy (non-hydrogen) atoms. The number of aromatic hydroxyl groups is 2. The van der Waals surface area contributed by atoms with Crippen LogP contribution in [0.25, 0.3) is 0 Å². The molecule has 2 aromatic rings. The van der Waals surface area contributed by atoms with Crippen molar-refractivity contribution in [2.45, 2.75) is 26.7 Å². The van der Waals surface area contributed by atoms with Crippen LogP contribution in [0.15, 0.2) is 48.5 Å². The van der Waals surface area contributed by atoms with Crippen molar-refractivity contribution in [1.29, 1.82) is 0 Å². The van der Waals surface area contributed by atoms with Crippen molar-refractivity contribution in [2.24, 2.45) is 0 Å². The molecule has 0 aromatic heterocycles. The number of phenols is 2. The Morgan fingerprint density at radius 2 is 1.39 bits per heavy atom. The highest BCUT2D eigenvalue weighted by molar-refractivity contribution is 5.31. The molecule has 2 aromatic carbocycles. The Kier molecular flexibility index (Phi) is 5.78. The second-order valence-corrected chi connectivity index (χ2v) is 4.00. The van der Waals surface area contributed by atoms with Crippen LogP contribution >= 0.6 is 0 Å². The minimum absolute atomic E-state index is 0.340. The molecule has 0 saturated carbocycles. The number of benzene rings is 2. The lowest BCUT2D eigenvalue weighted by molar-refractivity contribution is 0.469. The predicted molar refractivity (Wildman–Crippen MR) is 75.0 cm³/mol. The third kappa shape index (κ3) is 4.50. The number of hydrogen-bond donors (Lipinski definition) is 2. The molecule has 0 aliphatic rings. The minimum atomic E-state index is 0.340. The fourth-order valence-electron chi connectivity index (χ4n) is 1.54. The quantitative estimate of drug-likeness (QED) is 0.840. The Balaban J connectivity index is 0.000000180. The van der Waals surface area contributed by atoms with Gasteiger partial charge in [0.05, 0.1) is 0 Å². The zero-order valence-corrected chi connectivity index (χ0v) is 10.9. The summed E-state index contributed by atoms with van der Waals surface area (Å²) in [5, 5.41) is 18.0. The van der Waals surface area contributed by atoms with E-state index < -0.39 is 0 Å². The monoisotopic (exact) mass is 244 g/mol. The van der Waals surface area contributed by atoms with Gasteiger partial charge in [-0.05, 0) is 42.2 Å². The molecule has 0 unspecified atom stereocenters. The number of phenolic OH excluding ortho intramolecular Hbond substituents is 2. The Bertz CT molecular complexity index is 461. The SMILES string of the molecule is CCc1ccc(O)cc1.CCc1ccccc1O. The highest BCUT2D eigenvalue weighted by atomic mass is 16.3. The van der Waals surface area contributed by atoms with E-state index >= 15 is 0 Å². The minimum Gasteiger partial charge on any atom is -0.508 e. The predicted octanol–water partition coefficient (Wildman–Crippen LogP) is 3.91. The van der Waals surface area contributed by atoms with Crippen LogP contribution in [0.3, 0.4) is 0 Å². The smallest absolute Gasteiger partial charge is 0.118 e. The maximum atomic E-state index is 9.11. The van der Waals surface area contributed by atoms with Gasteiger partial charge in [-0.15, -0.1) is 0 Å². The van der Waals surface area contributed by atoms with E-state index in [-0.39, 0.29) is 0 Å². The molecule has 2 rings (SSSR count). The molecule has 0 saturated heterocycles. The van der Waals surface area contributed by atoms with Gasteiger partial charge in [-0.1, -0.05) is 44.2 Å². The van der Waals surface area contributed by atoms with E-state index in [1.165, 1.54) is 5.56 Å². The van der Waals surface area contributed by atoms with Gasteiger partial charge in [-0.3, -0.25) is 0 Å². The van der Waals surface area contributed by atoms with Crippen LogP contribution in [0, 0.1) is 0 Å². The van der Waals surface area contributed by atoms with Crippen LogP contribution in [0.5, 0.6) is 11.5 Å². The third-order valence-electron chi connectivity index (χ3n) is 2.72. The molecule has 2 heteroatoms. The van der Waals surface area contributed by atoms with Gasteiger partial charge < -0.3 is 10.2 Å². The van der Waals surface area contributed by atoms with Gasteiger partial charge >= 0.3 is 0 Å². The lowest BCUT2D eigenvalue weighted by Gasteiger charge is -1.97. The first-order valence-electron chi connectivity index (χ1n) is 6.22. The average molecular weight is 244 g/mol. The summed E-state index contributed by atoms with van der Waals surface area (Å²) in [6.07, 6.45) is 1.92. The Morgan fingerprint density at radius 3 is 1.83 bits per heavy atom. The molecule has 0 radical (unpaired) electrons. The average Bonchev–Trinajstić information content (AvgIpc) is 2.41. The highest BCUT2D eigenvalue weighted by Crippen LogP contribution is 2.14. The summed E-state index contributed by atoms with van der Waals surface area (Å²) in [4.78, 5) is 0. The van der Waals surface area contributed by atoms with Crippen molar-refractivity contribution in [1.82, 2.24) is 0 Å². The summed E-state index contributed by atoms with van der Waals surface area (Å²) in [5.41, 5.74) is 2.27. The van der Waals surface area contributed by atoms with E-state index in [0.29, 0.717) is 11.5 Å². The van der Waals surface area contributed by atoms with E-state index in [1.807, 2.05) is 37.3 Å². The maximum Gasteiger partial charge on any atom is 0.118 e. The second kappa shape index (κ2) is 7.38. The van der Waals surface area contributed by atoms with Crippen LogP contribution in [0.1, 0.15) is 25.0 Å². The van der Waals surface area contributed by atoms with Crippen LogP contribution in [-0.4, -0.2) is 10.2 Å². The van der Waals surface area contributed by atoms with Crippen LogP contribution in [0.2, 0.25) is 0 Å². The molecule has 2 nitrogen and oxygen atoms in total. The van der Waals surface area contributed by atoms with E-state index in [9.17, 15) is 0 Å². The molecule has 0 amide bonds. The molecular weight excluding hydrogens is 224 g/mol. The van der Waals surface area contributed by atoms with Crippen molar-refractivity contribution in [3.63, 3.8) is 0 Å². The molecule has 0 heterocycles. The van der Waals surface area contributed by atoms with Crippen molar-refractivity contribution in [2.75, 3.05) is 0 Å². The second-order valence-electron chi connectivity index (χ2n) is 4.00. The normalized spacial score (nSPS) is 9.44. The van der Waals surface area contributed by atoms with Crippen molar-refractivity contribution in [3.05, 3.63) is 59.7 Å². The molecule has 0 aliphatic heterocycles. The van der Waals surface area contributed by atoms with Gasteiger partial charge in [-0.25, -0.2) is 0 Å². The molecule has 0 fully saturated rings. The summed E-state index contributed by atoms with van der Waals surface area (Å²) >= 11 is 0. The fraction of sp³-hybridized carbons (Fsp3) is 0.250. The lowest BCUT2D eigenvalue weighted by Crippen LogP contribution is -1.77. The topological polar surface area (TPSA) is 40.5 Å². The van der Waals surface area contributed by atoms with Gasteiger partial charge in [0.2, 0.25) is 0 Å². The summed E-state index contributed by atoms with van der Waals surface area (Å²) in [6, 6.07) is 14.7. The fourth-order valence-corrected chi connectivity index (χ4v) is 1.54. The number of rotatable bonds is 2. The highest BCUT2D eigenvalue weighted by Gasteiger charge is 1.92. The van der Waals surface area contributed by atoms with E-state index in [1.54, 1.807) is 18.2 Å². The number of aryl methyl sites for hydroxylation is 2. The van der Waals surface area contributed by atoms with Crippen LogP contribution in [0.4, 0.5) is 0 Å². The van der Waals surface area contributed by atoms with Crippen molar-refractivity contribution >= 4 is 0 Å². The van der Waals surface area contributed by atoms with Crippen molar-refractivity contribution in [3.8, 4) is 11.5 Å². The largest absolute Gasteiger partial charge is 0.508 e. The van der Waals surface area contributed by atoms with Gasteiger partial charge in [0.15, 0.2) is 0 Å². The van der Waals surface area contributed by atoms with Crippen molar-refractivity contribution < 1.29 is 10.2 Å². The first-order valence-corrected chi connectivity index (χ1v) is 6.22. The summed E-state index contributed by atoms with van der Waals surface area (Å²) in [6.45, 7) is 4.11. The zero-order valence-electron chi connectivity index (χ0n) is 10.9. The summed E-state index contributed by atoms with van der Waals surface area (Å²) in [5.74, 6) is 0.743. The van der Waals surface area contributed by atoms with Crippen LogP contribution in [-0.2, 0) is 12.8 Å². The van der Waals surface area contributed by atoms with Gasteiger partial charge in [0.1, 0.15) is 11.5 Å². The Hall–Kier alpha value is -1.96. The first kappa shape index (κ1) is 14.1. The van der Waals surface area contributed by atoms with E-state index in [2.05, 4.69) is 6.92 Å². The van der Waals surface area contributed by atoms with Crippen LogP contribution < -0.4 is 0 Å². The molecule has 0 atom stereocenters. The summed E-state index contributed by atoms with van der Waals surface area (Å²) < 4.78 is 0. The third-order valence-corrected chi connectivity index (χ3v) is 2.72. The molecule has 0 bridgehead atoms. The molecule has 0 spiro atoms. The molecule has 2 N–H and O–H groups in total. The Morgan fingerprint density at radius 1 is 0.778 bits per heavy atom. The van der Waals surface area contributed by atoms with E-state index in [0.717, 1.165) is 18.4 Å². The number of para-hydroxylation sites is 1. The lowest BCUT2D eigenvalue weighted by atomic mass is 10.1. The molecular formula is C16H20O2. The maximum absolute atomic E-state index is 9.11. The molecule has 0 aliphatic carbocycles. The molecule has 96 valence electrons. The zero-order chi connectivity index (χ0) is 13.4. The first-order chi connectivity index (χ1) is 8.67. The Labute approximate surface area is 109 Å². The van der Waals surface area contributed by atoms with E-state index in [4.69, 9.17) is 10.2 Å². The summed E-state index contributed by atoms with van der Waals surface area (Å²) in [7, 11) is 0. The van der Waals surface area contributed by atoms with Gasteiger partial charge in [-0.2, -0.15) is 0 Å². The van der Waals surface area contributed by atoms with Gasteiger partial charge in [0, 0.05) is 0 Å². The number of hydrogen-bond acceptors (Lipinski definition) is 2.